The third-order valence-electron chi connectivity index (χ3n) is 3.53. The summed E-state index contributed by atoms with van der Waals surface area (Å²) in [5, 5.41) is 4.10. The van der Waals surface area contributed by atoms with Crippen LogP contribution in [0.4, 0.5) is 0 Å². The van der Waals surface area contributed by atoms with Crippen molar-refractivity contribution in [3.05, 3.63) is 18.0 Å². The number of terminal acetylenes is 1. The fourth-order valence-corrected chi connectivity index (χ4v) is 2.55. The van der Waals surface area contributed by atoms with Crippen LogP contribution < -0.4 is 0 Å². The zero-order valence-electron chi connectivity index (χ0n) is 11.6. The Bertz CT molecular complexity index is 558. The van der Waals surface area contributed by atoms with Crippen LogP contribution in [0.25, 0.3) is 0 Å². The Kier molecular flexibility index (Phi) is 4.08. The molecule has 106 valence electrons. The second kappa shape index (κ2) is 5.78. The van der Waals surface area contributed by atoms with Gasteiger partial charge in [0, 0.05) is 32.3 Å². The Labute approximate surface area is 117 Å². The van der Waals surface area contributed by atoms with E-state index in [-0.39, 0.29) is 24.5 Å². The Morgan fingerprint density at radius 3 is 2.95 bits per heavy atom. The van der Waals surface area contributed by atoms with Crippen LogP contribution in [0.15, 0.2) is 12.4 Å². The molecule has 0 N–H and O–H groups in total. The molecule has 1 aromatic rings. The lowest BCUT2D eigenvalue weighted by Gasteiger charge is -2.37. The number of likely N-dealkylation sites (tertiary alicyclic amines) is 1. The van der Waals surface area contributed by atoms with E-state index >= 15 is 0 Å². The van der Waals surface area contributed by atoms with E-state index in [0.29, 0.717) is 12.8 Å². The van der Waals surface area contributed by atoms with Crippen LogP contribution in [0.3, 0.4) is 0 Å². The lowest BCUT2D eigenvalue weighted by atomic mass is 9.86. The van der Waals surface area contributed by atoms with Crippen LogP contribution in [0.5, 0.6) is 0 Å². The molecule has 0 aromatic carbocycles. The maximum absolute atomic E-state index is 12.1. The molecule has 1 amide bonds. The highest BCUT2D eigenvalue weighted by molar-refractivity contribution is 5.82. The number of hydrogen-bond acceptors (Lipinski definition) is 4. The maximum Gasteiger partial charge on any atom is 0.312 e. The minimum absolute atomic E-state index is 0.0138. The normalized spacial score (nSPS) is 22.4. The van der Waals surface area contributed by atoms with E-state index in [1.807, 2.05) is 0 Å². The van der Waals surface area contributed by atoms with E-state index in [4.69, 9.17) is 11.2 Å². The number of ether oxygens (including phenoxy) is 1. The van der Waals surface area contributed by atoms with Gasteiger partial charge in [-0.05, 0) is 6.42 Å². The summed E-state index contributed by atoms with van der Waals surface area (Å²) < 4.78 is 6.68. The highest BCUT2D eigenvalue weighted by Crippen LogP contribution is 2.36. The fraction of sp³-hybridized carbons (Fsp3) is 0.500. The van der Waals surface area contributed by atoms with Gasteiger partial charge in [0.05, 0.1) is 18.2 Å². The summed E-state index contributed by atoms with van der Waals surface area (Å²) >= 11 is 0. The topological polar surface area (TPSA) is 64.4 Å². The quantitative estimate of drug-likeness (QED) is 0.595. The highest BCUT2D eigenvalue weighted by Gasteiger charge is 2.40. The number of piperidine rings is 1. The van der Waals surface area contributed by atoms with Gasteiger partial charge in [-0.25, -0.2) is 0 Å². The Hall–Kier alpha value is -2.29. The van der Waals surface area contributed by atoms with Crippen molar-refractivity contribution in [3.63, 3.8) is 0 Å². The van der Waals surface area contributed by atoms with Gasteiger partial charge in [0.1, 0.15) is 0 Å². The predicted molar refractivity (Wildman–Crippen MR) is 71.2 cm³/mol. The number of amides is 1. The van der Waals surface area contributed by atoms with Gasteiger partial charge in [0.2, 0.25) is 5.91 Å². The first-order valence-electron chi connectivity index (χ1n) is 6.39. The lowest BCUT2D eigenvalue weighted by Crippen LogP contribution is -2.43. The zero-order chi connectivity index (χ0) is 14.7. The number of aryl methyl sites for hydroxylation is 1. The summed E-state index contributed by atoms with van der Waals surface area (Å²) in [5.74, 6) is 1.52. The van der Waals surface area contributed by atoms with Crippen molar-refractivity contribution in [1.29, 1.82) is 0 Å². The fourth-order valence-electron chi connectivity index (χ4n) is 2.55. The van der Waals surface area contributed by atoms with Crippen LogP contribution in [0.1, 0.15) is 24.4 Å². The molecule has 2 atom stereocenters. The molecule has 0 saturated carbocycles. The van der Waals surface area contributed by atoms with Gasteiger partial charge in [-0.3, -0.25) is 14.3 Å². The Morgan fingerprint density at radius 2 is 2.35 bits per heavy atom. The molecule has 1 fully saturated rings. The summed E-state index contributed by atoms with van der Waals surface area (Å²) in [7, 11) is 3.49. The van der Waals surface area contributed by atoms with Crippen LogP contribution in [-0.4, -0.2) is 40.2 Å². The van der Waals surface area contributed by atoms with Gasteiger partial charge in [-0.1, -0.05) is 5.92 Å². The largest absolute Gasteiger partial charge is 0.452 e. The molecule has 20 heavy (non-hydrogen) atoms. The standard InChI is InChI=1S/C14H17N3O3/c1-4-7-20-14(19)11-5-6-12(18)17(3)13(11)10-8-15-16(2)9-10/h1,8-9,11,13H,5-7H2,2-3H3/t11-,13+/m0/s1. The Balaban J connectivity index is 2.26. The first-order valence-corrected chi connectivity index (χ1v) is 6.39. The molecule has 6 heteroatoms. The van der Waals surface area contributed by atoms with Crippen LogP contribution in [0, 0.1) is 18.3 Å². The second-order valence-corrected chi connectivity index (χ2v) is 4.85. The molecule has 1 aliphatic heterocycles. The van der Waals surface area contributed by atoms with Crippen molar-refractivity contribution in [1.82, 2.24) is 14.7 Å². The monoisotopic (exact) mass is 275 g/mol. The van der Waals surface area contributed by atoms with Gasteiger partial charge < -0.3 is 9.64 Å². The zero-order valence-corrected chi connectivity index (χ0v) is 11.6. The van der Waals surface area contributed by atoms with Crippen molar-refractivity contribution in [2.45, 2.75) is 18.9 Å². The smallest absolute Gasteiger partial charge is 0.312 e. The molecule has 1 aromatic heterocycles. The molecule has 0 bridgehead atoms. The number of esters is 1. The highest BCUT2D eigenvalue weighted by atomic mass is 16.5. The van der Waals surface area contributed by atoms with E-state index in [2.05, 4.69) is 11.0 Å². The molecule has 0 spiro atoms. The van der Waals surface area contributed by atoms with Gasteiger partial charge >= 0.3 is 5.97 Å². The van der Waals surface area contributed by atoms with Gasteiger partial charge in [-0.15, -0.1) is 6.42 Å². The minimum Gasteiger partial charge on any atom is -0.452 e. The molecule has 0 radical (unpaired) electrons. The van der Waals surface area contributed by atoms with Crippen LogP contribution in [-0.2, 0) is 21.4 Å². The SMILES string of the molecule is C#CCOC(=O)[C@H]1CCC(=O)N(C)[C@@H]1c1cnn(C)c1. The third kappa shape index (κ3) is 2.67. The van der Waals surface area contributed by atoms with E-state index in [9.17, 15) is 9.59 Å². The van der Waals surface area contributed by atoms with E-state index in [0.717, 1.165) is 5.56 Å². The minimum atomic E-state index is -0.407. The van der Waals surface area contributed by atoms with Gasteiger partial charge in [0.25, 0.3) is 0 Å². The lowest BCUT2D eigenvalue weighted by molar-refractivity contribution is -0.155. The summed E-state index contributed by atoms with van der Waals surface area (Å²) in [6.45, 7) is -0.0489. The molecule has 2 rings (SSSR count). The maximum atomic E-state index is 12.1. The molecular weight excluding hydrogens is 258 g/mol. The molecule has 0 unspecified atom stereocenters. The van der Waals surface area contributed by atoms with Gasteiger partial charge in [-0.2, -0.15) is 5.10 Å². The number of aromatic nitrogens is 2. The molecular formula is C14H17N3O3. The number of hydrogen-bond donors (Lipinski definition) is 0. The van der Waals surface area contributed by atoms with Crippen molar-refractivity contribution in [2.24, 2.45) is 13.0 Å². The second-order valence-electron chi connectivity index (χ2n) is 4.85. The Morgan fingerprint density at radius 1 is 1.60 bits per heavy atom. The summed E-state index contributed by atoms with van der Waals surface area (Å²) in [6, 6.07) is -0.352. The predicted octanol–water partition coefficient (Wildman–Crippen LogP) is 0.506. The van der Waals surface area contributed by atoms with E-state index < -0.39 is 5.92 Å². The number of carbonyl (C=O) groups is 2. The van der Waals surface area contributed by atoms with E-state index in [1.54, 1.807) is 36.1 Å². The summed E-state index contributed by atoms with van der Waals surface area (Å²) in [4.78, 5) is 25.6. The van der Waals surface area contributed by atoms with Crippen molar-refractivity contribution < 1.29 is 14.3 Å². The third-order valence-corrected chi connectivity index (χ3v) is 3.53. The number of carbonyl (C=O) groups excluding carboxylic acids is 2. The first kappa shape index (κ1) is 14.1. The van der Waals surface area contributed by atoms with Crippen molar-refractivity contribution in [3.8, 4) is 12.3 Å². The van der Waals surface area contributed by atoms with Crippen molar-refractivity contribution >= 4 is 11.9 Å². The van der Waals surface area contributed by atoms with Crippen LogP contribution >= 0.6 is 0 Å². The molecule has 1 aliphatic rings. The number of nitrogens with zero attached hydrogens (tertiary/aromatic N) is 3. The molecule has 2 heterocycles. The summed E-state index contributed by atoms with van der Waals surface area (Å²) in [6.07, 6.45) is 9.38. The van der Waals surface area contributed by atoms with Gasteiger partial charge in [0.15, 0.2) is 6.61 Å². The molecule has 6 nitrogen and oxygen atoms in total. The number of rotatable bonds is 3. The average Bonchev–Trinajstić information content (AvgIpc) is 2.85. The molecule has 1 saturated heterocycles. The van der Waals surface area contributed by atoms with E-state index in [1.165, 1.54) is 0 Å². The average molecular weight is 275 g/mol. The van der Waals surface area contributed by atoms with Crippen LogP contribution in [0.2, 0.25) is 0 Å². The first-order chi connectivity index (χ1) is 9.54. The summed E-state index contributed by atoms with van der Waals surface area (Å²) in [5.41, 5.74) is 0.825. The molecule has 0 aliphatic carbocycles. The van der Waals surface area contributed by atoms with Crippen molar-refractivity contribution in [2.75, 3.05) is 13.7 Å².